The molecule has 22 heavy (non-hydrogen) atoms. The smallest absolute Gasteiger partial charge is 0.0161 e. The highest BCUT2D eigenvalue weighted by Gasteiger charge is 2.44. The Morgan fingerprint density at radius 2 is 1.27 bits per heavy atom. The van der Waals surface area contributed by atoms with Crippen LogP contribution in [0.25, 0.3) is 0 Å². The van der Waals surface area contributed by atoms with Crippen molar-refractivity contribution in [1.82, 2.24) is 4.90 Å². The number of rotatable bonds is 10. The van der Waals surface area contributed by atoms with Gasteiger partial charge in [0.1, 0.15) is 0 Å². The van der Waals surface area contributed by atoms with Gasteiger partial charge in [-0.2, -0.15) is 0 Å². The van der Waals surface area contributed by atoms with Crippen molar-refractivity contribution in [1.29, 1.82) is 0 Å². The molecule has 1 aliphatic rings. The second-order valence-electron chi connectivity index (χ2n) is 8.42. The summed E-state index contributed by atoms with van der Waals surface area (Å²) in [6.45, 7) is 11.4. The molecule has 0 saturated carbocycles. The quantitative estimate of drug-likeness (QED) is 0.599. The van der Waals surface area contributed by atoms with E-state index in [9.17, 15) is 0 Å². The van der Waals surface area contributed by atoms with Crippen LogP contribution in [0.5, 0.6) is 0 Å². The van der Waals surface area contributed by atoms with Gasteiger partial charge in [-0.3, -0.25) is 4.90 Å². The molecule has 0 radical (unpaired) electrons. The van der Waals surface area contributed by atoms with E-state index in [-0.39, 0.29) is 0 Å². The third-order valence-electron chi connectivity index (χ3n) is 5.48. The highest BCUT2D eigenvalue weighted by Crippen LogP contribution is 2.41. The van der Waals surface area contributed by atoms with Crippen LogP contribution in [0.2, 0.25) is 0 Å². The molecule has 0 bridgehead atoms. The number of piperidine rings is 1. The maximum atomic E-state index is 5.80. The third kappa shape index (κ3) is 5.82. The molecular formula is C19H41N3. The average Bonchev–Trinajstić information content (AvgIpc) is 2.42. The van der Waals surface area contributed by atoms with Crippen LogP contribution in [0, 0.1) is 0 Å². The van der Waals surface area contributed by atoms with Crippen LogP contribution >= 0.6 is 0 Å². The zero-order chi connectivity index (χ0) is 16.6. The molecule has 1 fully saturated rings. The van der Waals surface area contributed by atoms with E-state index in [1.807, 2.05) is 0 Å². The van der Waals surface area contributed by atoms with E-state index in [0.717, 1.165) is 19.5 Å². The van der Waals surface area contributed by atoms with Crippen LogP contribution in [0.1, 0.15) is 91.9 Å². The van der Waals surface area contributed by atoms with Crippen LogP contribution in [0.15, 0.2) is 0 Å². The standard InChI is InChI=1S/C19H41N3/c1-18(2)13-10-14-19(3,4)22(18)17(12-9-16-21)11-7-5-6-8-15-20/h17H,5-16,20-21H2,1-4H3. The first-order chi connectivity index (χ1) is 10.3. The van der Waals surface area contributed by atoms with Crippen molar-refractivity contribution in [3.8, 4) is 0 Å². The van der Waals surface area contributed by atoms with Crippen molar-refractivity contribution in [2.45, 2.75) is 109 Å². The average molecular weight is 312 g/mol. The Morgan fingerprint density at radius 1 is 0.773 bits per heavy atom. The van der Waals surface area contributed by atoms with Crippen molar-refractivity contribution in [3.63, 3.8) is 0 Å². The lowest BCUT2D eigenvalue weighted by Gasteiger charge is -2.56. The summed E-state index contributed by atoms with van der Waals surface area (Å²) >= 11 is 0. The topological polar surface area (TPSA) is 55.3 Å². The predicted molar refractivity (Wildman–Crippen MR) is 98.1 cm³/mol. The van der Waals surface area contributed by atoms with Gasteiger partial charge in [-0.1, -0.05) is 19.3 Å². The SMILES string of the molecule is CC1(C)CCCC(C)(C)N1C(CCCN)CCCCCCN. The van der Waals surface area contributed by atoms with Gasteiger partial charge in [-0.25, -0.2) is 0 Å². The molecule has 1 rings (SSSR count). The summed E-state index contributed by atoms with van der Waals surface area (Å²) in [5.41, 5.74) is 12.0. The summed E-state index contributed by atoms with van der Waals surface area (Å²) in [7, 11) is 0. The lowest BCUT2D eigenvalue weighted by atomic mass is 9.77. The minimum Gasteiger partial charge on any atom is -0.330 e. The molecule has 3 heteroatoms. The Bertz CT molecular complexity index is 283. The molecule has 4 N–H and O–H groups in total. The van der Waals surface area contributed by atoms with Gasteiger partial charge >= 0.3 is 0 Å². The fraction of sp³-hybridized carbons (Fsp3) is 1.00. The Hall–Kier alpha value is -0.120. The molecule has 3 nitrogen and oxygen atoms in total. The maximum Gasteiger partial charge on any atom is 0.0161 e. The monoisotopic (exact) mass is 311 g/mol. The second kappa shape index (κ2) is 9.24. The summed E-state index contributed by atoms with van der Waals surface area (Å²) in [6.07, 6.45) is 12.8. The highest BCUT2D eigenvalue weighted by atomic mass is 15.3. The zero-order valence-corrected chi connectivity index (χ0v) is 15.7. The minimum atomic E-state index is 0.318. The van der Waals surface area contributed by atoms with E-state index in [1.165, 1.54) is 57.8 Å². The molecule has 1 aliphatic heterocycles. The van der Waals surface area contributed by atoms with Gasteiger partial charge in [-0.15, -0.1) is 0 Å². The van der Waals surface area contributed by atoms with Crippen molar-refractivity contribution in [3.05, 3.63) is 0 Å². The summed E-state index contributed by atoms with van der Waals surface area (Å²) in [6, 6.07) is 0.687. The van der Waals surface area contributed by atoms with Crippen molar-refractivity contribution >= 4 is 0 Å². The third-order valence-corrected chi connectivity index (χ3v) is 5.48. The summed E-state index contributed by atoms with van der Waals surface area (Å²) in [5.74, 6) is 0. The number of hydrogen-bond donors (Lipinski definition) is 2. The van der Waals surface area contributed by atoms with Gasteiger partial charge < -0.3 is 11.5 Å². The number of likely N-dealkylation sites (tertiary alicyclic amines) is 1. The lowest BCUT2D eigenvalue weighted by molar-refractivity contribution is -0.0667. The molecule has 0 aromatic heterocycles. The predicted octanol–water partition coefficient (Wildman–Crippen LogP) is 4.05. The van der Waals surface area contributed by atoms with E-state index in [2.05, 4.69) is 32.6 Å². The number of hydrogen-bond acceptors (Lipinski definition) is 3. The molecule has 1 unspecified atom stereocenters. The van der Waals surface area contributed by atoms with Gasteiger partial charge in [-0.05, 0) is 85.7 Å². The Kier molecular flexibility index (Phi) is 8.37. The van der Waals surface area contributed by atoms with Crippen LogP contribution in [0.4, 0.5) is 0 Å². The number of unbranched alkanes of at least 4 members (excludes halogenated alkanes) is 3. The Labute approximate surface area is 139 Å². The molecule has 1 heterocycles. The van der Waals surface area contributed by atoms with Gasteiger partial charge in [0.15, 0.2) is 0 Å². The first kappa shape index (κ1) is 19.9. The minimum absolute atomic E-state index is 0.318. The molecule has 0 aromatic rings. The van der Waals surface area contributed by atoms with Crippen LogP contribution in [-0.2, 0) is 0 Å². The Morgan fingerprint density at radius 3 is 1.82 bits per heavy atom. The van der Waals surface area contributed by atoms with E-state index < -0.39 is 0 Å². The first-order valence-corrected chi connectivity index (χ1v) is 9.55. The second-order valence-corrected chi connectivity index (χ2v) is 8.42. The zero-order valence-electron chi connectivity index (χ0n) is 15.7. The van der Waals surface area contributed by atoms with Crippen molar-refractivity contribution < 1.29 is 0 Å². The number of nitrogens with two attached hydrogens (primary N) is 2. The van der Waals surface area contributed by atoms with E-state index >= 15 is 0 Å². The van der Waals surface area contributed by atoms with Gasteiger partial charge in [0.2, 0.25) is 0 Å². The first-order valence-electron chi connectivity index (χ1n) is 9.55. The normalized spacial score (nSPS) is 22.6. The van der Waals surface area contributed by atoms with Crippen molar-refractivity contribution in [2.75, 3.05) is 13.1 Å². The van der Waals surface area contributed by atoms with Crippen molar-refractivity contribution in [2.24, 2.45) is 11.5 Å². The van der Waals surface area contributed by atoms with Gasteiger partial charge in [0.05, 0.1) is 0 Å². The van der Waals surface area contributed by atoms with Gasteiger partial charge in [0, 0.05) is 17.1 Å². The fourth-order valence-electron chi connectivity index (χ4n) is 4.64. The van der Waals surface area contributed by atoms with E-state index in [4.69, 9.17) is 11.5 Å². The molecule has 0 aromatic carbocycles. The molecule has 0 amide bonds. The molecule has 0 spiro atoms. The number of nitrogens with zero attached hydrogens (tertiary/aromatic N) is 1. The van der Waals surface area contributed by atoms with Gasteiger partial charge in [0.25, 0.3) is 0 Å². The van der Waals surface area contributed by atoms with Crippen LogP contribution < -0.4 is 11.5 Å². The van der Waals surface area contributed by atoms with Crippen LogP contribution in [-0.4, -0.2) is 35.1 Å². The van der Waals surface area contributed by atoms with Crippen LogP contribution in [0.3, 0.4) is 0 Å². The molecule has 0 aliphatic carbocycles. The lowest BCUT2D eigenvalue weighted by Crippen LogP contribution is -2.62. The molecular weight excluding hydrogens is 270 g/mol. The molecule has 1 saturated heterocycles. The fourth-order valence-corrected chi connectivity index (χ4v) is 4.64. The highest BCUT2D eigenvalue weighted by molar-refractivity contribution is 5.00. The molecule has 1 atom stereocenters. The van der Waals surface area contributed by atoms with E-state index in [0.29, 0.717) is 17.1 Å². The molecule has 132 valence electrons. The largest absolute Gasteiger partial charge is 0.330 e. The summed E-state index contributed by atoms with van der Waals surface area (Å²) < 4.78 is 0. The maximum absolute atomic E-state index is 5.80. The van der Waals surface area contributed by atoms with E-state index in [1.54, 1.807) is 0 Å². The summed E-state index contributed by atoms with van der Waals surface area (Å²) in [4.78, 5) is 2.85. The summed E-state index contributed by atoms with van der Waals surface area (Å²) in [5, 5.41) is 0. The Balaban J connectivity index is 2.70.